The number of amides is 2. The van der Waals surface area contributed by atoms with Crippen molar-refractivity contribution >= 4 is 17.5 Å². The van der Waals surface area contributed by atoms with E-state index in [1.165, 1.54) is 0 Å². The Bertz CT molecular complexity index is 1480. The van der Waals surface area contributed by atoms with Crippen molar-refractivity contribution in [1.29, 1.82) is 5.26 Å². The molecular formula is C30H36N8O2. The molecule has 1 saturated heterocycles. The van der Waals surface area contributed by atoms with Crippen LogP contribution < -0.4 is 15.5 Å². The van der Waals surface area contributed by atoms with E-state index in [9.17, 15) is 14.9 Å². The largest absolute Gasteiger partial charge is 0.368 e. The summed E-state index contributed by atoms with van der Waals surface area (Å²) in [7, 11) is 0. The first kappa shape index (κ1) is 28.5. The Morgan fingerprint density at radius 2 is 2.02 bits per heavy atom. The minimum Gasteiger partial charge on any atom is -0.368 e. The molecule has 3 aromatic rings. The number of carbonyl (C=O) groups is 2. The summed E-state index contributed by atoms with van der Waals surface area (Å²) in [6.07, 6.45) is 6.79. The molecule has 10 nitrogen and oxygen atoms in total. The summed E-state index contributed by atoms with van der Waals surface area (Å²) in [5.41, 5.74) is 5.45. The zero-order valence-electron chi connectivity index (χ0n) is 23.8. The first-order valence-electron chi connectivity index (χ1n) is 13.4. The standard InChI is InChI=1S/C30H36N8O2/c1-19(2)28(39)34-24-8-7-11-37(17-24)26-16-32-14-23(13-31)27(26)21-9-10-22(20(3)12-21)15-33-29(40)25-18-38(36-35-25)30(4,5)6/h9-10,12,14,16,18,24H,1,7-8,11,15,17H2,2-6H3,(H,33,40)(H,34,39)/t24-/m1/s1. The van der Waals surface area contributed by atoms with Crippen LogP contribution in [0.1, 0.15) is 67.7 Å². The lowest BCUT2D eigenvalue weighted by Crippen LogP contribution is -2.48. The highest BCUT2D eigenvalue weighted by Gasteiger charge is 2.25. The summed E-state index contributed by atoms with van der Waals surface area (Å²) in [5.74, 6) is -0.436. The molecule has 0 radical (unpaired) electrons. The van der Waals surface area contributed by atoms with Crippen LogP contribution in [0.3, 0.4) is 0 Å². The zero-order valence-corrected chi connectivity index (χ0v) is 23.8. The van der Waals surface area contributed by atoms with E-state index in [4.69, 9.17) is 0 Å². The predicted molar refractivity (Wildman–Crippen MR) is 154 cm³/mol. The van der Waals surface area contributed by atoms with Crippen LogP contribution in [0.5, 0.6) is 0 Å². The molecule has 0 saturated carbocycles. The summed E-state index contributed by atoms with van der Waals surface area (Å²) in [6.45, 7) is 15.1. The highest BCUT2D eigenvalue weighted by molar-refractivity contribution is 5.92. The molecule has 0 spiro atoms. The number of hydrogen-bond donors (Lipinski definition) is 2. The lowest BCUT2D eigenvalue weighted by molar-refractivity contribution is -0.118. The first-order valence-corrected chi connectivity index (χ1v) is 13.4. The third kappa shape index (κ3) is 6.37. The Balaban J connectivity index is 1.54. The predicted octanol–water partition coefficient (Wildman–Crippen LogP) is 3.87. The maximum atomic E-state index is 12.7. The second-order valence-electron chi connectivity index (χ2n) is 11.3. The number of hydrogen-bond acceptors (Lipinski definition) is 7. The van der Waals surface area contributed by atoms with Gasteiger partial charge < -0.3 is 15.5 Å². The van der Waals surface area contributed by atoms with Crippen LogP contribution >= 0.6 is 0 Å². The van der Waals surface area contributed by atoms with Gasteiger partial charge in [-0.2, -0.15) is 5.26 Å². The van der Waals surface area contributed by atoms with Gasteiger partial charge in [0, 0.05) is 43.0 Å². The third-order valence-electron chi connectivity index (χ3n) is 7.02. The fourth-order valence-electron chi connectivity index (χ4n) is 4.71. The van der Waals surface area contributed by atoms with E-state index in [-0.39, 0.29) is 29.1 Å². The minimum absolute atomic E-state index is 0.0192. The molecule has 0 unspecified atom stereocenters. The van der Waals surface area contributed by atoms with Gasteiger partial charge in [-0.3, -0.25) is 14.6 Å². The molecule has 208 valence electrons. The number of nitrogens with zero attached hydrogens (tertiary/aromatic N) is 6. The van der Waals surface area contributed by atoms with Gasteiger partial charge in [-0.05, 0) is 64.2 Å². The van der Waals surface area contributed by atoms with Gasteiger partial charge in [0.2, 0.25) is 5.91 Å². The van der Waals surface area contributed by atoms with E-state index in [2.05, 4.69) is 43.5 Å². The Labute approximate surface area is 235 Å². The van der Waals surface area contributed by atoms with Crippen LogP contribution in [-0.4, -0.2) is 50.9 Å². The second-order valence-corrected chi connectivity index (χ2v) is 11.3. The van der Waals surface area contributed by atoms with Crippen LogP contribution in [-0.2, 0) is 16.9 Å². The number of benzene rings is 1. The average Bonchev–Trinajstić information content (AvgIpc) is 3.43. The number of nitriles is 1. The summed E-state index contributed by atoms with van der Waals surface area (Å²) in [5, 5.41) is 24.0. The number of carbonyl (C=O) groups excluding carboxylic acids is 2. The van der Waals surface area contributed by atoms with Gasteiger partial charge in [0.1, 0.15) is 6.07 Å². The van der Waals surface area contributed by atoms with E-state index < -0.39 is 0 Å². The number of piperidine rings is 1. The van der Waals surface area contributed by atoms with Gasteiger partial charge in [-0.25, -0.2) is 4.68 Å². The summed E-state index contributed by atoms with van der Waals surface area (Å²) in [4.78, 5) is 31.4. The quantitative estimate of drug-likeness (QED) is 0.435. The molecule has 0 aliphatic carbocycles. The summed E-state index contributed by atoms with van der Waals surface area (Å²) < 4.78 is 1.67. The highest BCUT2D eigenvalue weighted by Crippen LogP contribution is 2.35. The fraction of sp³-hybridized carbons (Fsp3) is 0.400. The molecule has 3 heterocycles. The van der Waals surface area contributed by atoms with Crippen molar-refractivity contribution in [3.05, 3.63) is 71.3 Å². The smallest absolute Gasteiger partial charge is 0.273 e. The van der Waals surface area contributed by atoms with Crippen molar-refractivity contribution in [3.8, 4) is 17.2 Å². The molecule has 2 aromatic heterocycles. The number of rotatable bonds is 7. The molecule has 2 N–H and O–H groups in total. The lowest BCUT2D eigenvalue weighted by atomic mass is 9.95. The normalized spacial score (nSPS) is 15.3. The number of anilines is 1. The van der Waals surface area contributed by atoms with Gasteiger partial charge >= 0.3 is 0 Å². The van der Waals surface area contributed by atoms with Crippen LogP contribution in [0.25, 0.3) is 11.1 Å². The van der Waals surface area contributed by atoms with Crippen LogP contribution in [0.15, 0.2) is 48.9 Å². The zero-order chi connectivity index (χ0) is 29.0. The van der Waals surface area contributed by atoms with E-state index in [0.29, 0.717) is 24.2 Å². The fourth-order valence-corrected chi connectivity index (χ4v) is 4.71. The Morgan fingerprint density at radius 3 is 2.67 bits per heavy atom. The topological polar surface area (TPSA) is 129 Å². The van der Waals surface area contributed by atoms with Crippen LogP contribution in [0, 0.1) is 18.3 Å². The van der Waals surface area contributed by atoms with Gasteiger partial charge in [0.05, 0.1) is 29.2 Å². The van der Waals surface area contributed by atoms with Crippen molar-refractivity contribution in [1.82, 2.24) is 30.6 Å². The molecule has 1 aliphatic rings. The van der Waals surface area contributed by atoms with Crippen molar-refractivity contribution in [2.24, 2.45) is 0 Å². The molecule has 10 heteroatoms. The molecule has 1 aliphatic heterocycles. The Hall–Kier alpha value is -4.52. The van der Waals surface area contributed by atoms with E-state index >= 15 is 0 Å². The summed E-state index contributed by atoms with van der Waals surface area (Å²) in [6, 6.07) is 8.24. The van der Waals surface area contributed by atoms with E-state index in [1.54, 1.807) is 30.2 Å². The maximum absolute atomic E-state index is 12.7. The van der Waals surface area contributed by atoms with E-state index in [0.717, 1.165) is 47.3 Å². The van der Waals surface area contributed by atoms with Crippen molar-refractivity contribution in [2.45, 2.75) is 65.6 Å². The first-order chi connectivity index (χ1) is 19.0. The average molecular weight is 541 g/mol. The molecule has 1 fully saturated rings. The molecule has 1 atom stereocenters. The van der Waals surface area contributed by atoms with Crippen molar-refractivity contribution in [3.63, 3.8) is 0 Å². The Morgan fingerprint density at radius 1 is 1.25 bits per heavy atom. The van der Waals surface area contributed by atoms with Gasteiger partial charge in [-0.1, -0.05) is 30.0 Å². The van der Waals surface area contributed by atoms with Crippen LogP contribution in [0.4, 0.5) is 5.69 Å². The molecule has 2 amide bonds. The number of aryl methyl sites for hydroxylation is 1. The third-order valence-corrected chi connectivity index (χ3v) is 7.02. The van der Waals surface area contributed by atoms with Gasteiger partial charge in [0.25, 0.3) is 5.91 Å². The molecule has 4 rings (SSSR count). The minimum atomic E-state index is -0.291. The Kier molecular flexibility index (Phi) is 8.33. The highest BCUT2D eigenvalue weighted by atomic mass is 16.2. The van der Waals surface area contributed by atoms with Gasteiger partial charge in [-0.15, -0.1) is 5.10 Å². The molecular weight excluding hydrogens is 504 g/mol. The van der Waals surface area contributed by atoms with Gasteiger partial charge in [0.15, 0.2) is 5.69 Å². The van der Waals surface area contributed by atoms with E-state index in [1.807, 2.05) is 45.9 Å². The van der Waals surface area contributed by atoms with Crippen molar-refractivity contribution in [2.75, 3.05) is 18.0 Å². The monoisotopic (exact) mass is 540 g/mol. The lowest BCUT2D eigenvalue weighted by Gasteiger charge is -2.36. The second kappa shape index (κ2) is 11.7. The molecule has 40 heavy (non-hydrogen) atoms. The maximum Gasteiger partial charge on any atom is 0.273 e. The number of nitrogens with one attached hydrogen (secondary N) is 2. The number of aromatic nitrogens is 4. The molecule has 0 bridgehead atoms. The SMILES string of the molecule is C=C(C)C(=O)N[C@@H]1CCCN(c2cncc(C#N)c2-c2ccc(CNC(=O)c3cn(C(C)(C)C)nn3)c(C)c2)C1. The van der Waals surface area contributed by atoms with Crippen molar-refractivity contribution < 1.29 is 9.59 Å². The van der Waals surface area contributed by atoms with Crippen LogP contribution in [0.2, 0.25) is 0 Å². The molecule has 1 aromatic carbocycles. The summed E-state index contributed by atoms with van der Waals surface area (Å²) >= 11 is 0. The number of pyridine rings is 1.